The zero-order valence-electron chi connectivity index (χ0n) is 13.2. The van der Waals surface area contributed by atoms with Crippen molar-refractivity contribution in [3.63, 3.8) is 0 Å². The summed E-state index contributed by atoms with van der Waals surface area (Å²) >= 11 is 5.85. The molecule has 1 N–H and O–H groups in total. The number of rotatable bonds is 3. The van der Waals surface area contributed by atoms with E-state index in [1.54, 1.807) is 12.3 Å². The number of carboxylic acid groups (broad SMARTS) is 1. The van der Waals surface area contributed by atoms with Crippen molar-refractivity contribution in [2.75, 3.05) is 37.7 Å². The molecule has 0 aromatic carbocycles. The fraction of sp³-hybridized carbons (Fsp3) is 0.562. The molecule has 0 saturated carbocycles. The van der Waals surface area contributed by atoms with Crippen LogP contribution < -0.4 is 4.90 Å². The van der Waals surface area contributed by atoms with Crippen LogP contribution in [0.25, 0.3) is 0 Å². The van der Waals surface area contributed by atoms with Crippen molar-refractivity contribution in [1.29, 1.82) is 0 Å². The largest absolute Gasteiger partial charge is 0.480 e. The maximum Gasteiger partial charge on any atom is 0.328 e. The highest BCUT2D eigenvalue weighted by atomic mass is 35.5. The van der Waals surface area contributed by atoms with Gasteiger partial charge in [-0.3, -0.25) is 4.79 Å². The van der Waals surface area contributed by atoms with Crippen molar-refractivity contribution in [2.45, 2.75) is 18.9 Å². The molecule has 130 valence electrons. The van der Waals surface area contributed by atoms with Crippen LogP contribution >= 0.6 is 11.6 Å². The number of hydrogen-bond acceptors (Lipinski definition) is 5. The molecule has 0 bridgehead atoms. The summed E-state index contributed by atoms with van der Waals surface area (Å²) in [5.41, 5.74) is 0. The average Bonchev–Trinajstić information content (AvgIpc) is 2.62. The molecule has 2 aliphatic heterocycles. The molecule has 2 fully saturated rings. The molecule has 2 aliphatic rings. The molecule has 1 unspecified atom stereocenters. The first-order chi connectivity index (χ1) is 11.6. The second-order valence-electron chi connectivity index (χ2n) is 6.06. The van der Waals surface area contributed by atoms with E-state index in [9.17, 15) is 14.7 Å². The summed E-state index contributed by atoms with van der Waals surface area (Å²) in [7, 11) is 0. The van der Waals surface area contributed by atoms with Gasteiger partial charge in [-0.2, -0.15) is 0 Å². The third kappa shape index (κ3) is 3.62. The SMILES string of the molecule is O=C(O)C1COCCN1C(=O)C1CCN(c2ccc(Cl)cn2)CC1. The summed E-state index contributed by atoms with van der Waals surface area (Å²) < 4.78 is 5.19. The number of nitrogens with zero attached hydrogens (tertiary/aromatic N) is 3. The van der Waals surface area contributed by atoms with Crippen LogP contribution in [0, 0.1) is 5.92 Å². The summed E-state index contributed by atoms with van der Waals surface area (Å²) in [5.74, 6) is -0.381. The number of anilines is 1. The highest BCUT2D eigenvalue weighted by Crippen LogP contribution is 2.25. The number of carbonyl (C=O) groups is 2. The lowest BCUT2D eigenvalue weighted by Gasteiger charge is -2.38. The first-order valence-corrected chi connectivity index (χ1v) is 8.41. The number of pyridine rings is 1. The maximum atomic E-state index is 12.7. The number of morpholine rings is 1. The van der Waals surface area contributed by atoms with Gasteiger partial charge in [-0.05, 0) is 25.0 Å². The monoisotopic (exact) mass is 353 g/mol. The fourth-order valence-electron chi connectivity index (χ4n) is 3.22. The Balaban J connectivity index is 1.60. The van der Waals surface area contributed by atoms with Gasteiger partial charge in [-0.1, -0.05) is 11.6 Å². The van der Waals surface area contributed by atoms with Crippen LogP contribution in [0.3, 0.4) is 0 Å². The number of carbonyl (C=O) groups excluding carboxylic acids is 1. The summed E-state index contributed by atoms with van der Waals surface area (Å²) in [6.45, 7) is 2.23. The number of piperidine rings is 1. The molecule has 24 heavy (non-hydrogen) atoms. The Hall–Kier alpha value is -1.86. The van der Waals surface area contributed by atoms with Crippen LogP contribution in [0.2, 0.25) is 5.02 Å². The van der Waals surface area contributed by atoms with Crippen molar-refractivity contribution < 1.29 is 19.4 Å². The Kier molecular flexibility index (Phi) is 5.20. The smallest absolute Gasteiger partial charge is 0.328 e. The Morgan fingerprint density at radius 1 is 1.25 bits per heavy atom. The molecule has 1 amide bonds. The van der Waals surface area contributed by atoms with Gasteiger partial charge in [-0.15, -0.1) is 0 Å². The molecule has 3 heterocycles. The van der Waals surface area contributed by atoms with E-state index in [0.717, 1.165) is 5.82 Å². The fourth-order valence-corrected chi connectivity index (χ4v) is 3.33. The molecule has 0 spiro atoms. The van der Waals surface area contributed by atoms with Gasteiger partial charge >= 0.3 is 5.97 Å². The van der Waals surface area contributed by atoms with E-state index in [0.29, 0.717) is 44.1 Å². The molecule has 0 radical (unpaired) electrons. The van der Waals surface area contributed by atoms with Crippen molar-refractivity contribution >= 4 is 29.3 Å². The minimum Gasteiger partial charge on any atom is -0.480 e. The molecule has 1 aromatic rings. The Morgan fingerprint density at radius 2 is 2.00 bits per heavy atom. The third-order valence-electron chi connectivity index (χ3n) is 4.58. The van der Waals surface area contributed by atoms with E-state index in [1.165, 1.54) is 4.90 Å². The van der Waals surface area contributed by atoms with Gasteiger partial charge in [0.05, 0.1) is 18.2 Å². The van der Waals surface area contributed by atoms with E-state index < -0.39 is 12.0 Å². The number of ether oxygens (including phenoxy) is 1. The number of hydrogen-bond donors (Lipinski definition) is 1. The van der Waals surface area contributed by atoms with Gasteiger partial charge < -0.3 is 19.6 Å². The molecule has 3 rings (SSSR count). The molecule has 7 nitrogen and oxygen atoms in total. The number of carboxylic acids is 1. The van der Waals surface area contributed by atoms with E-state index in [2.05, 4.69) is 9.88 Å². The summed E-state index contributed by atoms with van der Waals surface area (Å²) in [6, 6.07) is 2.79. The second kappa shape index (κ2) is 7.36. The minimum atomic E-state index is -1.01. The zero-order valence-corrected chi connectivity index (χ0v) is 14.0. The molecular weight excluding hydrogens is 334 g/mol. The quantitative estimate of drug-likeness (QED) is 0.881. The first-order valence-electron chi connectivity index (χ1n) is 8.04. The molecule has 8 heteroatoms. The number of aliphatic carboxylic acids is 1. The Bertz CT molecular complexity index is 602. The predicted molar refractivity (Wildman–Crippen MR) is 88.1 cm³/mol. The summed E-state index contributed by atoms with van der Waals surface area (Å²) in [4.78, 5) is 31.9. The van der Waals surface area contributed by atoms with Crippen molar-refractivity contribution in [3.05, 3.63) is 23.4 Å². The summed E-state index contributed by atoms with van der Waals surface area (Å²) in [5, 5.41) is 9.86. The maximum absolute atomic E-state index is 12.7. The third-order valence-corrected chi connectivity index (χ3v) is 4.80. The molecule has 0 aliphatic carbocycles. The van der Waals surface area contributed by atoms with Crippen LogP contribution in [0.5, 0.6) is 0 Å². The van der Waals surface area contributed by atoms with Crippen LogP contribution in [0.1, 0.15) is 12.8 Å². The van der Waals surface area contributed by atoms with Crippen molar-refractivity contribution in [2.24, 2.45) is 5.92 Å². The zero-order chi connectivity index (χ0) is 17.1. The van der Waals surface area contributed by atoms with Gasteiger partial charge in [0, 0.05) is 31.7 Å². The molecule has 2 saturated heterocycles. The lowest BCUT2D eigenvalue weighted by atomic mass is 9.94. The van der Waals surface area contributed by atoms with Crippen LogP contribution in [-0.2, 0) is 14.3 Å². The van der Waals surface area contributed by atoms with Crippen molar-refractivity contribution in [1.82, 2.24) is 9.88 Å². The normalized spacial score (nSPS) is 22.5. The van der Waals surface area contributed by atoms with Crippen LogP contribution in [0.15, 0.2) is 18.3 Å². The van der Waals surface area contributed by atoms with E-state index in [4.69, 9.17) is 16.3 Å². The minimum absolute atomic E-state index is 0.0641. The topological polar surface area (TPSA) is 83.0 Å². The second-order valence-corrected chi connectivity index (χ2v) is 6.49. The number of halogens is 1. The molecule has 1 atom stereocenters. The first kappa shape index (κ1) is 17.0. The van der Waals surface area contributed by atoms with E-state index in [-0.39, 0.29) is 18.4 Å². The van der Waals surface area contributed by atoms with Gasteiger partial charge in [0.25, 0.3) is 0 Å². The Morgan fingerprint density at radius 3 is 2.62 bits per heavy atom. The lowest BCUT2D eigenvalue weighted by Crippen LogP contribution is -2.55. The van der Waals surface area contributed by atoms with Crippen molar-refractivity contribution in [3.8, 4) is 0 Å². The molecule has 1 aromatic heterocycles. The highest BCUT2D eigenvalue weighted by Gasteiger charge is 2.37. The average molecular weight is 354 g/mol. The van der Waals surface area contributed by atoms with Gasteiger partial charge in [0.1, 0.15) is 5.82 Å². The van der Waals surface area contributed by atoms with E-state index >= 15 is 0 Å². The predicted octanol–water partition coefficient (Wildman–Crippen LogP) is 1.26. The van der Waals surface area contributed by atoms with Crippen LogP contribution in [-0.4, -0.2) is 65.8 Å². The summed E-state index contributed by atoms with van der Waals surface area (Å²) in [6.07, 6.45) is 2.99. The number of aromatic nitrogens is 1. The molecular formula is C16H20ClN3O4. The number of amides is 1. The van der Waals surface area contributed by atoms with Gasteiger partial charge in [-0.25, -0.2) is 9.78 Å². The van der Waals surface area contributed by atoms with Crippen LogP contribution in [0.4, 0.5) is 5.82 Å². The van der Waals surface area contributed by atoms with Gasteiger partial charge in [0.15, 0.2) is 6.04 Å². The lowest BCUT2D eigenvalue weighted by molar-refractivity contribution is -0.160. The highest BCUT2D eigenvalue weighted by molar-refractivity contribution is 6.30. The van der Waals surface area contributed by atoms with Gasteiger partial charge in [0.2, 0.25) is 5.91 Å². The Labute approximate surface area is 145 Å². The van der Waals surface area contributed by atoms with E-state index in [1.807, 2.05) is 6.07 Å². The standard InChI is InChI=1S/C16H20ClN3O4/c17-12-1-2-14(18-9-12)19-5-3-11(4-6-19)15(21)20-7-8-24-10-13(20)16(22)23/h1-2,9,11,13H,3-8,10H2,(H,22,23).